The third kappa shape index (κ3) is 6.96. The van der Waals surface area contributed by atoms with Gasteiger partial charge in [0.2, 0.25) is 0 Å². The summed E-state index contributed by atoms with van der Waals surface area (Å²) in [6.45, 7) is 4.53. The first-order chi connectivity index (χ1) is 15.3. The van der Waals surface area contributed by atoms with Gasteiger partial charge in [-0.15, -0.1) is 0 Å². The summed E-state index contributed by atoms with van der Waals surface area (Å²) in [6, 6.07) is 21.0. The molecule has 2 aromatic heterocycles. The molecule has 162 valence electrons. The number of aliphatic imine (C=N–C) groups is 1. The summed E-state index contributed by atoms with van der Waals surface area (Å²) in [6.07, 6.45) is 6.56. The van der Waals surface area contributed by atoms with Crippen LogP contribution in [0.25, 0.3) is 0 Å². The van der Waals surface area contributed by atoms with Gasteiger partial charge >= 0.3 is 0 Å². The number of hydrogen-bond acceptors (Lipinski definition) is 4. The molecule has 3 heterocycles. The van der Waals surface area contributed by atoms with Crippen LogP contribution in [0.5, 0.6) is 0 Å². The van der Waals surface area contributed by atoms with Gasteiger partial charge in [-0.05, 0) is 42.7 Å². The van der Waals surface area contributed by atoms with Gasteiger partial charge in [0.05, 0.1) is 18.5 Å². The molecule has 6 heteroatoms. The number of rotatable bonds is 8. The number of piperidine rings is 1. The fourth-order valence-corrected chi connectivity index (χ4v) is 3.83. The van der Waals surface area contributed by atoms with Crippen LogP contribution in [0.4, 0.5) is 0 Å². The van der Waals surface area contributed by atoms with Crippen molar-refractivity contribution in [2.24, 2.45) is 4.99 Å². The minimum absolute atomic E-state index is 0.422. The van der Waals surface area contributed by atoms with Crippen molar-refractivity contribution in [2.45, 2.75) is 38.4 Å². The number of guanidine groups is 1. The highest BCUT2D eigenvalue weighted by molar-refractivity contribution is 5.80. The lowest BCUT2D eigenvalue weighted by Crippen LogP contribution is -2.48. The molecule has 0 saturated carbocycles. The SMILES string of the molecule is c1ccc(CN2CCC(NC(=NCc3ccccn3)NCCc3ccco3)CC2)cc1. The van der Waals surface area contributed by atoms with E-state index in [-0.39, 0.29) is 0 Å². The van der Waals surface area contributed by atoms with Crippen molar-refractivity contribution in [3.8, 4) is 0 Å². The monoisotopic (exact) mass is 417 g/mol. The number of likely N-dealkylation sites (tertiary alicyclic amines) is 1. The Balaban J connectivity index is 1.29. The Hall–Kier alpha value is -3.12. The van der Waals surface area contributed by atoms with Crippen LogP contribution in [0.1, 0.15) is 29.9 Å². The summed E-state index contributed by atoms with van der Waals surface area (Å²) in [7, 11) is 0. The lowest BCUT2D eigenvalue weighted by molar-refractivity contribution is 0.198. The van der Waals surface area contributed by atoms with Gasteiger partial charge in [0.1, 0.15) is 5.76 Å². The number of pyridine rings is 1. The molecule has 0 aliphatic carbocycles. The zero-order valence-electron chi connectivity index (χ0n) is 17.9. The highest BCUT2D eigenvalue weighted by Gasteiger charge is 2.20. The van der Waals surface area contributed by atoms with Crippen LogP contribution in [-0.4, -0.2) is 41.5 Å². The Bertz CT molecular complexity index is 904. The molecule has 0 atom stereocenters. The number of nitrogens with one attached hydrogen (secondary N) is 2. The topological polar surface area (TPSA) is 65.7 Å². The molecule has 0 amide bonds. The fourth-order valence-electron chi connectivity index (χ4n) is 3.83. The average Bonchev–Trinajstić information content (AvgIpc) is 3.34. The second-order valence-electron chi connectivity index (χ2n) is 7.92. The van der Waals surface area contributed by atoms with E-state index in [0.29, 0.717) is 12.6 Å². The van der Waals surface area contributed by atoms with Crippen LogP contribution in [0.2, 0.25) is 0 Å². The van der Waals surface area contributed by atoms with E-state index in [2.05, 4.69) is 50.8 Å². The predicted octanol–water partition coefficient (Wildman–Crippen LogP) is 3.62. The van der Waals surface area contributed by atoms with E-state index in [1.165, 1.54) is 5.56 Å². The zero-order chi connectivity index (χ0) is 21.1. The second-order valence-corrected chi connectivity index (χ2v) is 7.92. The van der Waals surface area contributed by atoms with Crippen molar-refractivity contribution >= 4 is 5.96 Å². The van der Waals surface area contributed by atoms with Crippen LogP contribution in [0.3, 0.4) is 0 Å². The quantitative estimate of drug-likeness (QED) is 0.433. The predicted molar refractivity (Wildman–Crippen MR) is 124 cm³/mol. The number of furan rings is 1. The lowest BCUT2D eigenvalue weighted by Gasteiger charge is -2.33. The maximum Gasteiger partial charge on any atom is 0.191 e. The van der Waals surface area contributed by atoms with Crippen molar-refractivity contribution in [1.82, 2.24) is 20.5 Å². The number of benzene rings is 1. The summed E-state index contributed by atoms with van der Waals surface area (Å²) in [5.74, 6) is 1.82. The first kappa shape index (κ1) is 21.1. The van der Waals surface area contributed by atoms with E-state index in [4.69, 9.17) is 9.41 Å². The molecular weight excluding hydrogens is 386 g/mol. The zero-order valence-corrected chi connectivity index (χ0v) is 17.9. The Morgan fingerprint density at radius 3 is 2.61 bits per heavy atom. The molecule has 4 rings (SSSR count). The van der Waals surface area contributed by atoms with E-state index in [0.717, 1.165) is 62.9 Å². The molecule has 31 heavy (non-hydrogen) atoms. The second kappa shape index (κ2) is 11.3. The maximum atomic E-state index is 5.44. The molecule has 3 aromatic rings. The molecule has 0 spiro atoms. The minimum Gasteiger partial charge on any atom is -0.469 e. The Kier molecular flexibility index (Phi) is 7.71. The molecule has 6 nitrogen and oxygen atoms in total. The Morgan fingerprint density at radius 1 is 1.03 bits per heavy atom. The van der Waals surface area contributed by atoms with Crippen molar-refractivity contribution in [1.29, 1.82) is 0 Å². The highest BCUT2D eigenvalue weighted by Crippen LogP contribution is 2.14. The molecular formula is C25H31N5O. The highest BCUT2D eigenvalue weighted by atomic mass is 16.3. The van der Waals surface area contributed by atoms with Crippen molar-refractivity contribution in [3.63, 3.8) is 0 Å². The van der Waals surface area contributed by atoms with Gasteiger partial charge in [-0.2, -0.15) is 0 Å². The van der Waals surface area contributed by atoms with Crippen LogP contribution in [0.15, 0.2) is 82.5 Å². The standard InChI is InChI=1S/C25H31N5O/c1-2-7-21(8-3-1)20-30-16-12-22(13-17-30)29-25(27-15-11-24-10-6-18-31-24)28-19-23-9-4-5-14-26-23/h1-10,14,18,22H,11-13,15-17,19-20H2,(H2,27,28,29). The van der Waals surface area contributed by atoms with Crippen LogP contribution < -0.4 is 10.6 Å². The number of hydrogen-bond donors (Lipinski definition) is 2. The van der Waals surface area contributed by atoms with Crippen LogP contribution in [-0.2, 0) is 19.5 Å². The summed E-state index contributed by atoms with van der Waals surface area (Å²) in [5, 5.41) is 7.11. The van der Waals surface area contributed by atoms with Crippen molar-refractivity contribution < 1.29 is 4.42 Å². The van der Waals surface area contributed by atoms with E-state index in [1.807, 2.05) is 36.5 Å². The number of nitrogens with zero attached hydrogens (tertiary/aromatic N) is 3. The van der Waals surface area contributed by atoms with E-state index < -0.39 is 0 Å². The Morgan fingerprint density at radius 2 is 1.87 bits per heavy atom. The minimum atomic E-state index is 0.422. The van der Waals surface area contributed by atoms with Crippen molar-refractivity contribution in [3.05, 3.63) is 90.1 Å². The maximum absolute atomic E-state index is 5.44. The lowest BCUT2D eigenvalue weighted by atomic mass is 10.0. The molecule has 0 unspecified atom stereocenters. The van der Waals surface area contributed by atoms with Crippen LogP contribution >= 0.6 is 0 Å². The van der Waals surface area contributed by atoms with Gasteiger partial charge in [0.15, 0.2) is 5.96 Å². The molecule has 2 N–H and O–H groups in total. The molecule has 0 bridgehead atoms. The van der Waals surface area contributed by atoms with E-state index in [1.54, 1.807) is 6.26 Å². The van der Waals surface area contributed by atoms with Gasteiger partial charge in [0, 0.05) is 44.8 Å². The molecule has 1 fully saturated rings. The first-order valence-electron chi connectivity index (χ1n) is 11.1. The third-order valence-electron chi connectivity index (χ3n) is 5.55. The van der Waals surface area contributed by atoms with Crippen LogP contribution in [0, 0.1) is 0 Å². The van der Waals surface area contributed by atoms with Crippen molar-refractivity contribution in [2.75, 3.05) is 19.6 Å². The van der Waals surface area contributed by atoms with Gasteiger partial charge in [-0.25, -0.2) is 4.99 Å². The largest absolute Gasteiger partial charge is 0.469 e. The van der Waals surface area contributed by atoms with E-state index in [9.17, 15) is 0 Å². The summed E-state index contributed by atoms with van der Waals surface area (Å²) in [5.41, 5.74) is 2.35. The molecule has 1 aliphatic rings. The Labute approximate surface area is 184 Å². The summed E-state index contributed by atoms with van der Waals surface area (Å²) < 4.78 is 5.44. The average molecular weight is 418 g/mol. The smallest absolute Gasteiger partial charge is 0.191 e. The van der Waals surface area contributed by atoms with Gasteiger partial charge in [0.25, 0.3) is 0 Å². The fraction of sp³-hybridized carbons (Fsp3) is 0.360. The normalized spacial score (nSPS) is 15.7. The third-order valence-corrected chi connectivity index (χ3v) is 5.55. The van der Waals surface area contributed by atoms with E-state index >= 15 is 0 Å². The first-order valence-corrected chi connectivity index (χ1v) is 11.1. The number of aromatic nitrogens is 1. The molecule has 1 saturated heterocycles. The molecule has 0 radical (unpaired) electrons. The molecule has 1 aromatic carbocycles. The van der Waals surface area contributed by atoms with Gasteiger partial charge in [-0.1, -0.05) is 36.4 Å². The molecule has 1 aliphatic heterocycles. The van der Waals surface area contributed by atoms with Gasteiger partial charge in [-0.3, -0.25) is 9.88 Å². The van der Waals surface area contributed by atoms with Gasteiger partial charge < -0.3 is 15.1 Å². The summed E-state index contributed by atoms with van der Waals surface area (Å²) in [4.78, 5) is 11.7. The summed E-state index contributed by atoms with van der Waals surface area (Å²) >= 11 is 0.